The van der Waals surface area contributed by atoms with Gasteiger partial charge in [-0.3, -0.25) is 4.79 Å². The van der Waals surface area contributed by atoms with E-state index in [4.69, 9.17) is 0 Å². The maximum atomic E-state index is 12.4. The summed E-state index contributed by atoms with van der Waals surface area (Å²) >= 11 is 1.20. The van der Waals surface area contributed by atoms with E-state index in [1.807, 2.05) is 17.5 Å². The van der Waals surface area contributed by atoms with Crippen LogP contribution in [0, 0.1) is 0 Å². The molecule has 0 aliphatic carbocycles. The van der Waals surface area contributed by atoms with Crippen LogP contribution in [0.3, 0.4) is 0 Å². The summed E-state index contributed by atoms with van der Waals surface area (Å²) in [6, 6.07) is 9.39. The van der Waals surface area contributed by atoms with Gasteiger partial charge in [0.15, 0.2) is 0 Å². The molecule has 0 spiro atoms. The fourth-order valence-corrected chi connectivity index (χ4v) is 2.85. The molecule has 0 aliphatic heterocycles. The largest absolute Gasteiger partial charge is 0.446 e. The number of alkyl halides is 3. The Labute approximate surface area is 122 Å². The number of halogens is 3. The topological polar surface area (TPSA) is 29.1 Å². The quantitative estimate of drug-likeness (QED) is 0.852. The molecule has 1 aromatic heterocycles. The summed E-state index contributed by atoms with van der Waals surface area (Å²) in [5, 5.41) is 4.49. The van der Waals surface area contributed by atoms with E-state index in [1.54, 1.807) is 6.07 Å². The number of amides is 1. The molecule has 0 saturated heterocycles. The van der Waals surface area contributed by atoms with Crippen molar-refractivity contribution in [2.45, 2.75) is 16.9 Å². The van der Waals surface area contributed by atoms with Crippen LogP contribution in [0.1, 0.15) is 15.2 Å². The van der Waals surface area contributed by atoms with Gasteiger partial charge < -0.3 is 5.32 Å². The second-order valence-corrected chi connectivity index (χ2v) is 5.95. The van der Waals surface area contributed by atoms with E-state index in [0.717, 1.165) is 4.88 Å². The van der Waals surface area contributed by atoms with Crippen molar-refractivity contribution < 1.29 is 18.0 Å². The standard InChI is InChI=1S/C13H10F3NOS2/c14-13(15,16)20-11-6-2-1-5-10(11)12(18)17-8-9-4-3-7-19-9/h1-7H,8H2,(H,17,18). The molecule has 0 saturated carbocycles. The Morgan fingerprint density at radius 1 is 1.20 bits per heavy atom. The van der Waals surface area contributed by atoms with Gasteiger partial charge in [0.05, 0.1) is 12.1 Å². The Hall–Kier alpha value is -1.47. The Balaban J connectivity index is 2.09. The third-order valence-corrected chi connectivity index (χ3v) is 4.04. The zero-order chi connectivity index (χ0) is 14.6. The number of hydrogen-bond acceptors (Lipinski definition) is 3. The second kappa shape index (κ2) is 6.32. The minimum absolute atomic E-state index is 0.0337. The van der Waals surface area contributed by atoms with Crippen molar-refractivity contribution in [3.63, 3.8) is 0 Å². The van der Waals surface area contributed by atoms with E-state index in [2.05, 4.69) is 5.32 Å². The number of carbonyl (C=O) groups is 1. The lowest BCUT2D eigenvalue weighted by Gasteiger charge is -2.10. The van der Waals surface area contributed by atoms with Crippen LogP contribution in [0.25, 0.3) is 0 Å². The Kier molecular flexibility index (Phi) is 4.72. The number of hydrogen-bond donors (Lipinski definition) is 1. The van der Waals surface area contributed by atoms with Gasteiger partial charge in [0, 0.05) is 9.77 Å². The molecule has 106 valence electrons. The molecule has 2 nitrogen and oxygen atoms in total. The van der Waals surface area contributed by atoms with Crippen LogP contribution in [0.5, 0.6) is 0 Å². The van der Waals surface area contributed by atoms with E-state index in [1.165, 1.54) is 29.5 Å². The third kappa shape index (κ3) is 4.28. The van der Waals surface area contributed by atoms with E-state index < -0.39 is 11.4 Å². The molecular formula is C13H10F3NOS2. The number of thiophene rings is 1. The van der Waals surface area contributed by atoms with Crippen molar-refractivity contribution in [2.75, 3.05) is 0 Å². The molecule has 1 amide bonds. The van der Waals surface area contributed by atoms with E-state index in [-0.39, 0.29) is 22.2 Å². The highest BCUT2D eigenvalue weighted by Crippen LogP contribution is 2.38. The summed E-state index contributed by atoms with van der Waals surface area (Å²) in [7, 11) is 0. The summed E-state index contributed by atoms with van der Waals surface area (Å²) in [5.74, 6) is -0.509. The fraction of sp³-hybridized carbons (Fsp3) is 0.154. The number of thioether (sulfide) groups is 1. The predicted octanol–water partition coefficient (Wildman–Crippen LogP) is 4.29. The third-order valence-electron chi connectivity index (χ3n) is 2.36. The molecule has 1 heterocycles. The van der Waals surface area contributed by atoms with Gasteiger partial charge in [-0.05, 0) is 35.3 Å². The number of nitrogens with one attached hydrogen (secondary N) is 1. The molecule has 0 aliphatic rings. The predicted molar refractivity (Wildman–Crippen MR) is 73.8 cm³/mol. The van der Waals surface area contributed by atoms with Crippen molar-refractivity contribution in [1.82, 2.24) is 5.32 Å². The second-order valence-electron chi connectivity index (χ2n) is 3.81. The van der Waals surface area contributed by atoms with Crippen LogP contribution in [0.4, 0.5) is 13.2 Å². The average molecular weight is 317 g/mol. The first-order valence-corrected chi connectivity index (χ1v) is 7.31. The molecule has 0 atom stereocenters. The molecule has 0 unspecified atom stereocenters. The van der Waals surface area contributed by atoms with Crippen LogP contribution in [-0.4, -0.2) is 11.4 Å². The van der Waals surface area contributed by atoms with Crippen molar-refractivity contribution in [2.24, 2.45) is 0 Å². The normalized spacial score (nSPS) is 11.3. The van der Waals surface area contributed by atoms with Gasteiger partial charge in [-0.25, -0.2) is 0 Å². The Morgan fingerprint density at radius 2 is 1.95 bits per heavy atom. The van der Waals surface area contributed by atoms with Crippen molar-refractivity contribution in [3.05, 3.63) is 52.2 Å². The van der Waals surface area contributed by atoms with Crippen molar-refractivity contribution >= 4 is 29.0 Å². The zero-order valence-electron chi connectivity index (χ0n) is 10.1. The zero-order valence-corrected chi connectivity index (χ0v) is 11.7. The van der Waals surface area contributed by atoms with Gasteiger partial charge in [-0.1, -0.05) is 18.2 Å². The monoisotopic (exact) mass is 317 g/mol. The molecule has 2 rings (SSSR count). The minimum atomic E-state index is -4.41. The molecule has 0 bridgehead atoms. The summed E-state index contributed by atoms with van der Waals surface area (Å²) < 4.78 is 37.3. The van der Waals surface area contributed by atoms with Crippen LogP contribution in [-0.2, 0) is 6.54 Å². The van der Waals surface area contributed by atoms with Crippen LogP contribution < -0.4 is 5.32 Å². The summed E-state index contributed by atoms with van der Waals surface area (Å²) in [6.07, 6.45) is 0. The lowest BCUT2D eigenvalue weighted by atomic mass is 10.2. The minimum Gasteiger partial charge on any atom is -0.347 e. The van der Waals surface area contributed by atoms with Crippen molar-refractivity contribution in [1.29, 1.82) is 0 Å². The Morgan fingerprint density at radius 3 is 2.60 bits per heavy atom. The summed E-state index contributed by atoms with van der Waals surface area (Å²) in [4.78, 5) is 12.8. The SMILES string of the molecule is O=C(NCc1cccs1)c1ccccc1SC(F)(F)F. The van der Waals surface area contributed by atoms with Gasteiger partial charge in [-0.15, -0.1) is 11.3 Å². The van der Waals surface area contributed by atoms with Crippen molar-refractivity contribution in [3.8, 4) is 0 Å². The highest BCUT2D eigenvalue weighted by atomic mass is 32.2. The lowest BCUT2D eigenvalue weighted by molar-refractivity contribution is -0.0328. The van der Waals surface area contributed by atoms with E-state index >= 15 is 0 Å². The highest BCUT2D eigenvalue weighted by Gasteiger charge is 2.31. The first-order chi connectivity index (χ1) is 9.46. The fourth-order valence-electron chi connectivity index (χ4n) is 1.54. The lowest BCUT2D eigenvalue weighted by Crippen LogP contribution is -2.23. The Bertz CT molecular complexity index is 582. The first kappa shape index (κ1) is 14.9. The average Bonchev–Trinajstić information content (AvgIpc) is 2.88. The molecule has 2 aromatic rings. The van der Waals surface area contributed by atoms with Crippen LogP contribution in [0.15, 0.2) is 46.7 Å². The number of rotatable bonds is 4. The molecule has 1 N–H and O–H groups in total. The summed E-state index contributed by atoms with van der Waals surface area (Å²) in [5.41, 5.74) is -4.38. The van der Waals surface area contributed by atoms with Crippen LogP contribution >= 0.6 is 23.1 Å². The summed E-state index contributed by atoms with van der Waals surface area (Å²) in [6.45, 7) is 0.307. The smallest absolute Gasteiger partial charge is 0.347 e. The molecule has 20 heavy (non-hydrogen) atoms. The maximum Gasteiger partial charge on any atom is 0.446 e. The highest BCUT2D eigenvalue weighted by molar-refractivity contribution is 8.00. The number of benzene rings is 1. The van der Waals surface area contributed by atoms with Gasteiger partial charge in [-0.2, -0.15) is 13.2 Å². The maximum absolute atomic E-state index is 12.4. The molecule has 0 fully saturated rings. The molecule has 0 radical (unpaired) electrons. The molecule has 7 heteroatoms. The number of carbonyl (C=O) groups excluding carboxylic acids is 1. The molecule has 1 aromatic carbocycles. The van der Waals surface area contributed by atoms with Gasteiger partial charge in [0.2, 0.25) is 0 Å². The van der Waals surface area contributed by atoms with E-state index in [0.29, 0.717) is 6.54 Å². The van der Waals surface area contributed by atoms with E-state index in [9.17, 15) is 18.0 Å². The van der Waals surface area contributed by atoms with Gasteiger partial charge in [0.1, 0.15) is 0 Å². The molecular weight excluding hydrogens is 307 g/mol. The van der Waals surface area contributed by atoms with Crippen LogP contribution in [0.2, 0.25) is 0 Å². The van der Waals surface area contributed by atoms with Gasteiger partial charge >= 0.3 is 5.51 Å². The van der Waals surface area contributed by atoms with Gasteiger partial charge in [0.25, 0.3) is 5.91 Å². The first-order valence-electron chi connectivity index (χ1n) is 5.61.